The van der Waals surface area contributed by atoms with Crippen molar-refractivity contribution in [3.05, 3.63) is 23.8 Å². The number of nitrogens with one attached hydrogen (secondary N) is 2. The number of likely N-dealkylation sites (N-methyl/N-ethyl adjacent to an activating group) is 1. The van der Waals surface area contributed by atoms with Crippen LogP contribution in [-0.2, 0) is 11.2 Å². The van der Waals surface area contributed by atoms with Crippen LogP contribution in [0.5, 0.6) is 5.75 Å². The highest BCUT2D eigenvalue weighted by Crippen LogP contribution is 2.25. The van der Waals surface area contributed by atoms with Crippen LogP contribution in [0.3, 0.4) is 0 Å². The van der Waals surface area contributed by atoms with Crippen LogP contribution in [0, 0.1) is 0 Å². The van der Waals surface area contributed by atoms with E-state index in [-0.39, 0.29) is 11.3 Å². The quantitative estimate of drug-likeness (QED) is 0.745. The Morgan fingerprint density at radius 2 is 1.86 bits per heavy atom. The SMILES string of the molecule is CNC(C)(C)Cc1cc(NC(=O)OC(C)(C)C)ccc1O. The summed E-state index contributed by atoms with van der Waals surface area (Å²) in [6, 6.07) is 4.99. The van der Waals surface area contributed by atoms with E-state index in [2.05, 4.69) is 10.6 Å². The maximum atomic E-state index is 11.8. The van der Waals surface area contributed by atoms with Gasteiger partial charge in [0.15, 0.2) is 0 Å². The van der Waals surface area contributed by atoms with Crippen LogP contribution >= 0.6 is 0 Å². The van der Waals surface area contributed by atoms with Crippen LogP contribution in [0.2, 0.25) is 0 Å². The predicted molar refractivity (Wildman–Crippen MR) is 84.8 cm³/mol. The van der Waals surface area contributed by atoms with Crippen molar-refractivity contribution in [1.29, 1.82) is 0 Å². The fourth-order valence-electron chi connectivity index (χ4n) is 1.79. The average Bonchev–Trinajstić information content (AvgIpc) is 2.30. The Balaban J connectivity index is 2.85. The zero-order valence-corrected chi connectivity index (χ0v) is 13.7. The van der Waals surface area contributed by atoms with Gasteiger partial charge < -0.3 is 15.2 Å². The summed E-state index contributed by atoms with van der Waals surface area (Å²) in [6.07, 6.45) is 0.131. The molecule has 0 aliphatic rings. The molecular formula is C16H26N2O3. The lowest BCUT2D eigenvalue weighted by atomic mass is 9.94. The minimum Gasteiger partial charge on any atom is -0.508 e. The summed E-state index contributed by atoms with van der Waals surface area (Å²) in [5, 5.41) is 15.8. The normalized spacial score (nSPS) is 12.1. The van der Waals surface area contributed by atoms with Crippen molar-refractivity contribution in [2.24, 2.45) is 0 Å². The van der Waals surface area contributed by atoms with E-state index in [1.54, 1.807) is 18.2 Å². The second-order valence-corrected chi connectivity index (χ2v) is 6.78. The van der Waals surface area contributed by atoms with Crippen molar-refractivity contribution in [2.45, 2.75) is 52.2 Å². The third kappa shape index (κ3) is 6.04. The lowest BCUT2D eigenvalue weighted by molar-refractivity contribution is 0.0636. The van der Waals surface area contributed by atoms with Crippen molar-refractivity contribution in [3.63, 3.8) is 0 Å². The van der Waals surface area contributed by atoms with E-state index in [0.29, 0.717) is 12.1 Å². The molecule has 21 heavy (non-hydrogen) atoms. The van der Waals surface area contributed by atoms with Gasteiger partial charge in [-0.05, 0) is 71.8 Å². The summed E-state index contributed by atoms with van der Waals surface area (Å²) in [5.74, 6) is 0.216. The smallest absolute Gasteiger partial charge is 0.412 e. The lowest BCUT2D eigenvalue weighted by Crippen LogP contribution is -2.38. The van der Waals surface area contributed by atoms with Gasteiger partial charge in [-0.2, -0.15) is 0 Å². The van der Waals surface area contributed by atoms with Gasteiger partial charge in [0.2, 0.25) is 0 Å². The molecule has 0 saturated heterocycles. The molecule has 1 rings (SSSR count). The van der Waals surface area contributed by atoms with E-state index in [4.69, 9.17) is 4.74 Å². The highest BCUT2D eigenvalue weighted by molar-refractivity contribution is 5.85. The first-order chi connectivity index (χ1) is 9.52. The topological polar surface area (TPSA) is 70.6 Å². The summed E-state index contributed by atoms with van der Waals surface area (Å²) in [4.78, 5) is 11.8. The van der Waals surface area contributed by atoms with Gasteiger partial charge in [-0.15, -0.1) is 0 Å². The van der Waals surface area contributed by atoms with Crippen LogP contribution in [-0.4, -0.2) is 29.4 Å². The van der Waals surface area contributed by atoms with Crippen LogP contribution in [0.1, 0.15) is 40.2 Å². The number of benzene rings is 1. The monoisotopic (exact) mass is 294 g/mol. The molecule has 1 aromatic rings. The summed E-state index contributed by atoms with van der Waals surface area (Å²) in [7, 11) is 1.87. The van der Waals surface area contributed by atoms with Crippen molar-refractivity contribution in [2.75, 3.05) is 12.4 Å². The second kappa shape index (κ2) is 6.35. The molecule has 0 saturated carbocycles. The Labute approximate surface area is 126 Å². The number of ether oxygens (including phenoxy) is 1. The molecule has 118 valence electrons. The first-order valence-corrected chi connectivity index (χ1v) is 7.03. The fraction of sp³-hybridized carbons (Fsp3) is 0.562. The molecule has 0 heterocycles. The third-order valence-electron chi connectivity index (χ3n) is 3.03. The molecule has 0 atom stereocenters. The van der Waals surface area contributed by atoms with E-state index >= 15 is 0 Å². The first-order valence-electron chi connectivity index (χ1n) is 7.03. The van der Waals surface area contributed by atoms with E-state index in [0.717, 1.165) is 5.56 Å². The number of phenols is 1. The maximum Gasteiger partial charge on any atom is 0.412 e. The van der Waals surface area contributed by atoms with Crippen LogP contribution in [0.15, 0.2) is 18.2 Å². The van der Waals surface area contributed by atoms with Crippen molar-refractivity contribution in [3.8, 4) is 5.75 Å². The summed E-state index contributed by atoms with van der Waals surface area (Å²) in [6.45, 7) is 9.51. The molecular weight excluding hydrogens is 268 g/mol. The van der Waals surface area contributed by atoms with Crippen molar-refractivity contribution >= 4 is 11.8 Å². The Morgan fingerprint density at radius 1 is 1.24 bits per heavy atom. The zero-order valence-electron chi connectivity index (χ0n) is 13.7. The maximum absolute atomic E-state index is 11.8. The van der Waals surface area contributed by atoms with Gasteiger partial charge in [0.25, 0.3) is 0 Å². The zero-order chi connectivity index (χ0) is 16.3. The molecule has 0 aliphatic carbocycles. The highest BCUT2D eigenvalue weighted by atomic mass is 16.6. The number of phenolic OH excluding ortho intramolecular Hbond substituents is 1. The van der Waals surface area contributed by atoms with Gasteiger partial charge in [0, 0.05) is 11.2 Å². The number of amides is 1. The number of hydrogen-bond acceptors (Lipinski definition) is 4. The minimum absolute atomic E-state index is 0.151. The van der Waals surface area contributed by atoms with Gasteiger partial charge in [-0.25, -0.2) is 4.79 Å². The molecule has 0 aromatic heterocycles. The van der Waals surface area contributed by atoms with Gasteiger partial charge in [-0.1, -0.05) is 0 Å². The van der Waals surface area contributed by atoms with E-state index in [9.17, 15) is 9.90 Å². The number of carbonyl (C=O) groups excluding carboxylic acids is 1. The highest BCUT2D eigenvalue weighted by Gasteiger charge is 2.19. The molecule has 5 heteroatoms. The Kier molecular flexibility index (Phi) is 5.23. The largest absolute Gasteiger partial charge is 0.508 e. The molecule has 0 bridgehead atoms. The van der Waals surface area contributed by atoms with Crippen LogP contribution < -0.4 is 10.6 Å². The molecule has 0 fully saturated rings. The van der Waals surface area contributed by atoms with Gasteiger partial charge in [0.05, 0.1) is 0 Å². The molecule has 1 aromatic carbocycles. The Bertz CT molecular complexity index is 505. The van der Waals surface area contributed by atoms with Crippen molar-refractivity contribution in [1.82, 2.24) is 5.32 Å². The fourth-order valence-corrected chi connectivity index (χ4v) is 1.79. The van der Waals surface area contributed by atoms with E-state index in [1.165, 1.54) is 0 Å². The van der Waals surface area contributed by atoms with E-state index in [1.807, 2.05) is 41.7 Å². The Morgan fingerprint density at radius 3 is 2.38 bits per heavy atom. The number of carbonyl (C=O) groups is 1. The summed E-state index contributed by atoms with van der Waals surface area (Å²) in [5.41, 5.74) is 0.673. The summed E-state index contributed by atoms with van der Waals surface area (Å²) < 4.78 is 5.21. The average molecular weight is 294 g/mol. The van der Waals surface area contributed by atoms with Crippen molar-refractivity contribution < 1.29 is 14.6 Å². The minimum atomic E-state index is -0.544. The summed E-state index contributed by atoms with van der Waals surface area (Å²) >= 11 is 0. The standard InChI is InChI=1S/C16H26N2O3/c1-15(2,3)21-14(20)18-12-7-8-13(19)11(9-12)10-16(4,5)17-6/h7-9,17,19H,10H2,1-6H3,(H,18,20). The first kappa shape index (κ1) is 17.3. The molecule has 5 nitrogen and oxygen atoms in total. The molecule has 3 N–H and O–H groups in total. The van der Waals surface area contributed by atoms with E-state index < -0.39 is 11.7 Å². The van der Waals surface area contributed by atoms with Crippen LogP contribution in [0.4, 0.5) is 10.5 Å². The molecule has 0 radical (unpaired) electrons. The number of rotatable bonds is 4. The molecule has 0 aliphatic heterocycles. The van der Waals surface area contributed by atoms with Gasteiger partial charge in [-0.3, -0.25) is 5.32 Å². The Hall–Kier alpha value is -1.75. The number of aromatic hydroxyl groups is 1. The third-order valence-corrected chi connectivity index (χ3v) is 3.03. The van der Waals surface area contributed by atoms with Gasteiger partial charge >= 0.3 is 6.09 Å². The predicted octanol–water partition coefficient (Wildman–Crippen LogP) is 3.28. The number of hydrogen-bond donors (Lipinski definition) is 3. The molecule has 0 unspecified atom stereocenters. The second-order valence-electron chi connectivity index (χ2n) is 6.78. The lowest BCUT2D eigenvalue weighted by Gasteiger charge is -2.25. The number of anilines is 1. The van der Waals surface area contributed by atoms with Crippen LogP contribution in [0.25, 0.3) is 0 Å². The molecule has 0 spiro atoms. The molecule has 1 amide bonds. The van der Waals surface area contributed by atoms with Gasteiger partial charge in [0.1, 0.15) is 11.4 Å².